The SMILES string of the molecule is CCC(COc1cccc(O)c1O)NC(=O)OC(C)(C)C. The summed E-state index contributed by atoms with van der Waals surface area (Å²) >= 11 is 0. The highest BCUT2D eigenvalue weighted by molar-refractivity contribution is 5.68. The van der Waals surface area contributed by atoms with Gasteiger partial charge in [-0.05, 0) is 39.3 Å². The van der Waals surface area contributed by atoms with Gasteiger partial charge >= 0.3 is 6.09 Å². The van der Waals surface area contributed by atoms with Crippen LogP contribution in [0.25, 0.3) is 0 Å². The Balaban J connectivity index is 2.55. The predicted octanol–water partition coefficient (Wildman–Crippen LogP) is 2.78. The van der Waals surface area contributed by atoms with Gasteiger partial charge in [0, 0.05) is 0 Å². The van der Waals surface area contributed by atoms with Crippen molar-refractivity contribution in [1.82, 2.24) is 5.32 Å². The number of nitrogens with one attached hydrogen (secondary N) is 1. The quantitative estimate of drug-likeness (QED) is 0.727. The van der Waals surface area contributed by atoms with Crippen LogP contribution in [0.1, 0.15) is 34.1 Å². The van der Waals surface area contributed by atoms with E-state index in [4.69, 9.17) is 9.47 Å². The molecule has 6 nitrogen and oxygen atoms in total. The molecule has 1 amide bonds. The maximum atomic E-state index is 11.7. The van der Waals surface area contributed by atoms with Gasteiger partial charge in [0.1, 0.15) is 12.2 Å². The Hall–Kier alpha value is -2.11. The van der Waals surface area contributed by atoms with Crippen molar-refractivity contribution in [3.8, 4) is 17.2 Å². The first-order chi connectivity index (χ1) is 9.73. The van der Waals surface area contributed by atoms with Gasteiger partial charge in [-0.25, -0.2) is 4.79 Å². The first-order valence-electron chi connectivity index (χ1n) is 6.86. The summed E-state index contributed by atoms with van der Waals surface area (Å²) in [7, 11) is 0. The van der Waals surface area contributed by atoms with Gasteiger partial charge in [-0.2, -0.15) is 0 Å². The van der Waals surface area contributed by atoms with Crippen molar-refractivity contribution in [2.24, 2.45) is 0 Å². The van der Waals surface area contributed by atoms with Crippen molar-refractivity contribution in [2.75, 3.05) is 6.61 Å². The van der Waals surface area contributed by atoms with Crippen LogP contribution in [0.15, 0.2) is 18.2 Å². The molecule has 1 aromatic carbocycles. The smallest absolute Gasteiger partial charge is 0.407 e. The summed E-state index contributed by atoms with van der Waals surface area (Å²) in [6, 6.07) is 4.20. The summed E-state index contributed by atoms with van der Waals surface area (Å²) in [5.74, 6) is -0.398. The average Bonchev–Trinajstić information content (AvgIpc) is 2.36. The number of carbonyl (C=O) groups excluding carboxylic acids is 1. The molecule has 0 saturated heterocycles. The number of para-hydroxylation sites is 1. The molecule has 0 radical (unpaired) electrons. The van der Waals surface area contributed by atoms with Crippen LogP contribution in [0.2, 0.25) is 0 Å². The molecule has 0 spiro atoms. The molecule has 1 aromatic rings. The van der Waals surface area contributed by atoms with E-state index in [9.17, 15) is 15.0 Å². The lowest BCUT2D eigenvalue weighted by Crippen LogP contribution is -2.41. The number of phenolic OH excluding ortho intramolecular Hbond substituents is 2. The molecular formula is C15H23NO5. The fourth-order valence-corrected chi connectivity index (χ4v) is 1.55. The van der Waals surface area contributed by atoms with Crippen molar-refractivity contribution in [1.29, 1.82) is 0 Å². The Morgan fingerprint density at radius 2 is 2.00 bits per heavy atom. The molecule has 0 aliphatic heterocycles. The van der Waals surface area contributed by atoms with Crippen molar-refractivity contribution in [3.05, 3.63) is 18.2 Å². The predicted molar refractivity (Wildman–Crippen MR) is 78.7 cm³/mol. The Morgan fingerprint density at radius 3 is 2.57 bits per heavy atom. The molecule has 1 atom stereocenters. The lowest BCUT2D eigenvalue weighted by molar-refractivity contribution is 0.0486. The summed E-state index contributed by atoms with van der Waals surface area (Å²) in [5, 5.41) is 21.7. The van der Waals surface area contributed by atoms with Gasteiger partial charge in [-0.3, -0.25) is 0 Å². The van der Waals surface area contributed by atoms with E-state index in [0.717, 1.165) is 0 Å². The average molecular weight is 297 g/mol. The van der Waals surface area contributed by atoms with Crippen LogP contribution < -0.4 is 10.1 Å². The highest BCUT2D eigenvalue weighted by Crippen LogP contribution is 2.34. The number of rotatable bonds is 5. The standard InChI is InChI=1S/C15H23NO5/c1-5-10(16-14(19)21-15(2,3)4)9-20-12-8-6-7-11(17)13(12)18/h6-8,10,17-18H,5,9H2,1-4H3,(H,16,19). The molecule has 0 heterocycles. The lowest BCUT2D eigenvalue weighted by Gasteiger charge is -2.23. The van der Waals surface area contributed by atoms with Crippen molar-refractivity contribution >= 4 is 6.09 Å². The molecule has 0 fully saturated rings. The molecular weight excluding hydrogens is 274 g/mol. The third kappa shape index (κ3) is 5.81. The minimum absolute atomic E-state index is 0.159. The Bertz CT molecular complexity index is 481. The van der Waals surface area contributed by atoms with Gasteiger partial charge in [0.25, 0.3) is 0 Å². The highest BCUT2D eigenvalue weighted by atomic mass is 16.6. The van der Waals surface area contributed by atoms with E-state index in [1.54, 1.807) is 26.8 Å². The number of ether oxygens (including phenoxy) is 2. The summed E-state index contributed by atoms with van der Waals surface area (Å²) in [6.45, 7) is 7.42. The molecule has 0 aliphatic rings. The van der Waals surface area contributed by atoms with Crippen LogP contribution in [0.3, 0.4) is 0 Å². The maximum absolute atomic E-state index is 11.7. The maximum Gasteiger partial charge on any atom is 0.407 e. The van der Waals surface area contributed by atoms with Crippen LogP contribution in [-0.2, 0) is 4.74 Å². The van der Waals surface area contributed by atoms with E-state index in [1.165, 1.54) is 12.1 Å². The first-order valence-corrected chi connectivity index (χ1v) is 6.86. The van der Waals surface area contributed by atoms with Crippen LogP contribution >= 0.6 is 0 Å². The van der Waals surface area contributed by atoms with E-state index >= 15 is 0 Å². The molecule has 0 aliphatic carbocycles. The summed E-state index contributed by atoms with van der Waals surface area (Å²) in [5.41, 5.74) is -0.563. The minimum atomic E-state index is -0.563. The molecule has 118 valence electrons. The Morgan fingerprint density at radius 1 is 1.33 bits per heavy atom. The molecule has 0 bridgehead atoms. The third-order valence-corrected chi connectivity index (χ3v) is 2.63. The summed E-state index contributed by atoms with van der Waals surface area (Å²) in [6.07, 6.45) is 0.122. The van der Waals surface area contributed by atoms with E-state index in [2.05, 4.69) is 5.32 Å². The second-order valence-electron chi connectivity index (χ2n) is 5.69. The molecule has 0 aromatic heterocycles. The summed E-state index contributed by atoms with van der Waals surface area (Å²) in [4.78, 5) is 11.7. The monoisotopic (exact) mass is 297 g/mol. The minimum Gasteiger partial charge on any atom is -0.504 e. The molecule has 3 N–H and O–H groups in total. The molecule has 6 heteroatoms. The van der Waals surface area contributed by atoms with Crippen molar-refractivity contribution < 1.29 is 24.5 Å². The van der Waals surface area contributed by atoms with E-state index in [0.29, 0.717) is 6.42 Å². The molecule has 1 rings (SSSR count). The van der Waals surface area contributed by atoms with E-state index < -0.39 is 11.7 Å². The third-order valence-electron chi connectivity index (χ3n) is 2.63. The van der Waals surface area contributed by atoms with Crippen LogP contribution in [0, 0.1) is 0 Å². The number of aromatic hydroxyl groups is 2. The fourth-order valence-electron chi connectivity index (χ4n) is 1.55. The number of hydrogen-bond donors (Lipinski definition) is 3. The molecule has 21 heavy (non-hydrogen) atoms. The number of benzene rings is 1. The zero-order valence-corrected chi connectivity index (χ0v) is 12.8. The number of alkyl carbamates (subject to hydrolysis) is 1. The van der Waals surface area contributed by atoms with Gasteiger partial charge in [-0.1, -0.05) is 13.0 Å². The van der Waals surface area contributed by atoms with Crippen molar-refractivity contribution in [3.63, 3.8) is 0 Å². The van der Waals surface area contributed by atoms with E-state index in [-0.39, 0.29) is 29.9 Å². The first kappa shape index (κ1) is 16.9. The Kier molecular flexibility index (Phi) is 5.69. The van der Waals surface area contributed by atoms with Gasteiger partial charge < -0.3 is 25.0 Å². The van der Waals surface area contributed by atoms with Gasteiger partial charge in [0.05, 0.1) is 6.04 Å². The molecule has 0 saturated carbocycles. The van der Waals surface area contributed by atoms with E-state index in [1.807, 2.05) is 6.92 Å². The Labute approximate surface area is 124 Å². The number of carbonyl (C=O) groups is 1. The number of amides is 1. The number of phenols is 2. The van der Waals surface area contributed by atoms with Crippen LogP contribution in [0.5, 0.6) is 17.2 Å². The fraction of sp³-hybridized carbons (Fsp3) is 0.533. The zero-order valence-electron chi connectivity index (χ0n) is 12.8. The van der Waals surface area contributed by atoms with Crippen LogP contribution in [-0.4, -0.2) is 34.6 Å². The van der Waals surface area contributed by atoms with Gasteiger partial charge in [0.15, 0.2) is 11.5 Å². The summed E-state index contributed by atoms with van der Waals surface area (Å²) < 4.78 is 10.6. The largest absolute Gasteiger partial charge is 0.504 e. The van der Waals surface area contributed by atoms with Crippen molar-refractivity contribution in [2.45, 2.75) is 45.8 Å². The highest BCUT2D eigenvalue weighted by Gasteiger charge is 2.19. The normalized spacial score (nSPS) is 12.6. The van der Waals surface area contributed by atoms with Gasteiger partial charge in [0.2, 0.25) is 5.75 Å². The second kappa shape index (κ2) is 7.06. The zero-order chi connectivity index (χ0) is 16.0. The molecule has 1 unspecified atom stereocenters. The second-order valence-corrected chi connectivity index (χ2v) is 5.69. The lowest BCUT2D eigenvalue weighted by atomic mass is 10.2. The number of hydrogen-bond acceptors (Lipinski definition) is 5. The topological polar surface area (TPSA) is 88.0 Å². The van der Waals surface area contributed by atoms with Crippen LogP contribution in [0.4, 0.5) is 4.79 Å². The van der Waals surface area contributed by atoms with Gasteiger partial charge in [-0.15, -0.1) is 0 Å².